The van der Waals surface area contributed by atoms with Crippen molar-refractivity contribution in [2.24, 2.45) is 5.92 Å². The molecule has 0 bridgehead atoms. The SMILES string of the molecule is O=C(CCN1CCC2CCCCC21)c1cccc(F)c1. The molecule has 20 heavy (non-hydrogen) atoms. The first-order valence-electron chi connectivity index (χ1n) is 7.77. The van der Waals surface area contributed by atoms with Crippen LogP contribution in [0.2, 0.25) is 0 Å². The summed E-state index contributed by atoms with van der Waals surface area (Å²) < 4.78 is 13.1. The lowest BCUT2D eigenvalue weighted by molar-refractivity contribution is 0.0950. The van der Waals surface area contributed by atoms with Crippen LogP contribution in [0.4, 0.5) is 4.39 Å². The van der Waals surface area contributed by atoms with E-state index in [4.69, 9.17) is 0 Å². The molecule has 0 aromatic heterocycles. The molecule has 2 fully saturated rings. The maximum Gasteiger partial charge on any atom is 0.164 e. The maximum absolute atomic E-state index is 13.1. The zero-order valence-corrected chi connectivity index (χ0v) is 11.9. The highest BCUT2D eigenvalue weighted by Gasteiger charge is 2.35. The number of fused-ring (bicyclic) bond motifs is 1. The Balaban J connectivity index is 1.55. The Morgan fingerprint density at radius 1 is 1.25 bits per heavy atom. The Morgan fingerprint density at radius 2 is 2.10 bits per heavy atom. The molecule has 2 aliphatic rings. The van der Waals surface area contributed by atoms with E-state index in [1.807, 2.05) is 0 Å². The van der Waals surface area contributed by atoms with Gasteiger partial charge < -0.3 is 0 Å². The fraction of sp³-hybridized carbons (Fsp3) is 0.588. The highest BCUT2D eigenvalue weighted by molar-refractivity contribution is 5.96. The Hall–Kier alpha value is -1.22. The number of nitrogens with zero attached hydrogens (tertiary/aromatic N) is 1. The summed E-state index contributed by atoms with van der Waals surface area (Å²) in [5, 5.41) is 0. The first-order chi connectivity index (χ1) is 9.74. The molecule has 0 spiro atoms. The molecule has 1 saturated heterocycles. The van der Waals surface area contributed by atoms with Gasteiger partial charge in [-0.2, -0.15) is 0 Å². The highest BCUT2D eigenvalue weighted by atomic mass is 19.1. The lowest BCUT2D eigenvalue weighted by Gasteiger charge is -2.31. The van der Waals surface area contributed by atoms with Gasteiger partial charge in [-0.15, -0.1) is 0 Å². The van der Waals surface area contributed by atoms with Crippen molar-refractivity contribution in [1.82, 2.24) is 4.90 Å². The van der Waals surface area contributed by atoms with Crippen LogP contribution in [-0.2, 0) is 0 Å². The number of ketones is 1. The highest BCUT2D eigenvalue weighted by Crippen LogP contribution is 2.36. The molecule has 2 unspecified atom stereocenters. The van der Waals surface area contributed by atoms with Gasteiger partial charge in [0.1, 0.15) is 5.82 Å². The van der Waals surface area contributed by atoms with Crippen LogP contribution in [0, 0.1) is 11.7 Å². The van der Waals surface area contributed by atoms with Gasteiger partial charge in [-0.05, 0) is 43.9 Å². The van der Waals surface area contributed by atoms with E-state index in [2.05, 4.69) is 4.90 Å². The number of hydrogen-bond acceptors (Lipinski definition) is 2. The van der Waals surface area contributed by atoms with E-state index in [1.165, 1.54) is 44.2 Å². The van der Waals surface area contributed by atoms with Crippen molar-refractivity contribution in [2.45, 2.75) is 44.6 Å². The van der Waals surface area contributed by atoms with Crippen LogP contribution >= 0.6 is 0 Å². The first-order valence-corrected chi connectivity index (χ1v) is 7.77. The van der Waals surface area contributed by atoms with Gasteiger partial charge in [-0.25, -0.2) is 4.39 Å². The second-order valence-electron chi connectivity index (χ2n) is 6.12. The molecule has 1 saturated carbocycles. The zero-order valence-electron chi connectivity index (χ0n) is 11.9. The molecule has 1 aromatic carbocycles. The third kappa shape index (κ3) is 2.93. The smallest absolute Gasteiger partial charge is 0.164 e. The molecule has 1 aliphatic heterocycles. The van der Waals surface area contributed by atoms with E-state index in [0.717, 1.165) is 19.0 Å². The number of Topliss-reactive ketones (excluding diaryl/α,β-unsaturated/α-hetero) is 1. The molecule has 2 atom stereocenters. The molecule has 0 radical (unpaired) electrons. The van der Waals surface area contributed by atoms with E-state index in [1.54, 1.807) is 12.1 Å². The standard InChI is InChI=1S/C17H22FNO/c18-15-6-3-5-14(12-15)17(20)9-11-19-10-8-13-4-1-2-7-16(13)19/h3,5-6,12-13,16H,1-2,4,7-11H2. The third-order valence-corrected chi connectivity index (χ3v) is 4.90. The molecular weight excluding hydrogens is 253 g/mol. The molecule has 0 N–H and O–H groups in total. The molecule has 1 aliphatic carbocycles. The van der Waals surface area contributed by atoms with Crippen LogP contribution in [-0.4, -0.2) is 29.8 Å². The van der Waals surface area contributed by atoms with Crippen LogP contribution in [0.15, 0.2) is 24.3 Å². The second kappa shape index (κ2) is 6.04. The normalized spacial score (nSPS) is 26.4. The summed E-state index contributed by atoms with van der Waals surface area (Å²) in [5.41, 5.74) is 0.504. The van der Waals surface area contributed by atoms with Gasteiger partial charge in [-0.1, -0.05) is 25.0 Å². The van der Waals surface area contributed by atoms with Gasteiger partial charge in [-0.3, -0.25) is 9.69 Å². The van der Waals surface area contributed by atoms with Crippen molar-refractivity contribution in [3.05, 3.63) is 35.6 Å². The van der Waals surface area contributed by atoms with Crippen molar-refractivity contribution in [2.75, 3.05) is 13.1 Å². The molecule has 3 rings (SSSR count). The van der Waals surface area contributed by atoms with Gasteiger partial charge in [0.15, 0.2) is 5.78 Å². The quantitative estimate of drug-likeness (QED) is 0.782. The van der Waals surface area contributed by atoms with Crippen molar-refractivity contribution >= 4 is 5.78 Å². The fourth-order valence-electron chi connectivity index (χ4n) is 3.83. The van der Waals surface area contributed by atoms with Crippen molar-refractivity contribution < 1.29 is 9.18 Å². The van der Waals surface area contributed by atoms with E-state index in [-0.39, 0.29) is 11.6 Å². The molecular formula is C17H22FNO. The molecule has 2 nitrogen and oxygen atoms in total. The van der Waals surface area contributed by atoms with Crippen LogP contribution in [0.1, 0.15) is 48.9 Å². The van der Waals surface area contributed by atoms with Gasteiger partial charge in [0.25, 0.3) is 0 Å². The average molecular weight is 275 g/mol. The minimum Gasteiger partial charge on any atom is -0.300 e. The van der Waals surface area contributed by atoms with Gasteiger partial charge >= 0.3 is 0 Å². The number of likely N-dealkylation sites (tertiary alicyclic amines) is 1. The summed E-state index contributed by atoms with van der Waals surface area (Å²) >= 11 is 0. The molecule has 1 heterocycles. The molecule has 3 heteroatoms. The lowest BCUT2D eigenvalue weighted by Crippen LogP contribution is -2.36. The third-order valence-electron chi connectivity index (χ3n) is 4.90. The predicted octanol–water partition coefficient (Wildman–Crippen LogP) is 3.66. The molecule has 0 amide bonds. The number of benzene rings is 1. The van der Waals surface area contributed by atoms with E-state index in [9.17, 15) is 9.18 Å². The van der Waals surface area contributed by atoms with Crippen LogP contribution in [0.5, 0.6) is 0 Å². The minimum atomic E-state index is -0.329. The first kappa shape index (κ1) is 13.7. The van der Waals surface area contributed by atoms with E-state index < -0.39 is 0 Å². The predicted molar refractivity (Wildman–Crippen MR) is 77.3 cm³/mol. The number of carbonyl (C=O) groups is 1. The van der Waals surface area contributed by atoms with Crippen molar-refractivity contribution in [3.63, 3.8) is 0 Å². The van der Waals surface area contributed by atoms with Crippen LogP contribution in [0.25, 0.3) is 0 Å². The van der Waals surface area contributed by atoms with Crippen LogP contribution in [0.3, 0.4) is 0 Å². The number of carbonyl (C=O) groups excluding carboxylic acids is 1. The summed E-state index contributed by atoms with van der Waals surface area (Å²) in [6, 6.07) is 6.73. The largest absolute Gasteiger partial charge is 0.300 e. The Morgan fingerprint density at radius 3 is 2.95 bits per heavy atom. The summed E-state index contributed by atoms with van der Waals surface area (Å²) in [6.45, 7) is 1.96. The Kier molecular flexibility index (Phi) is 4.16. The van der Waals surface area contributed by atoms with Gasteiger partial charge in [0, 0.05) is 24.6 Å². The molecule has 108 valence electrons. The Bertz CT molecular complexity index is 488. The zero-order chi connectivity index (χ0) is 13.9. The maximum atomic E-state index is 13.1. The average Bonchev–Trinajstić information content (AvgIpc) is 2.88. The second-order valence-corrected chi connectivity index (χ2v) is 6.12. The van der Waals surface area contributed by atoms with Gasteiger partial charge in [0.05, 0.1) is 0 Å². The fourth-order valence-corrected chi connectivity index (χ4v) is 3.83. The van der Waals surface area contributed by atoms with Crippen LogP contribution < -0.4 is 0 Å². The summed E-state index contributed by atoms with van der Waals surface area (Å²) in [7, 11) is 0. The van der Waals surface area contributed by atoms with Crippen molar-refractivity contribution in [1.29, 1.82) is 0 Å². The minimum absolute atomic E-state index is 0.0590. The summed E-state index contributed by atoms with van der Waals surface area (Å²) in [6.07, 6.45) is 7.15. The van der Waals surface area contributed by atoms with Gasteiger partial charge in [0.2, 0.25) is 0 Å². The number of halogens is 1. The summed E-state index contributed by atoms with van der Waals surface area (Å²) in [4.78, 5) is 14.6. The lowest BCUT2D eigenvalue weighted by atomic mass is 9.85. The monoisotopic (exact) mass is 275 g/mol. The van der Waals surface area contributed by atoms with E-state index in [0.29, 0.717) is 18.0 Å². The summed E-state index contributed by atoms with van der Waals surface area (Å²) in [5.74, 6) is 0.584. The Labute approximate surface area is 120 Å². The number of rotatable bonds is 4. The van der Waals surface area contributed by atoms with Crippen molar-refractivity contribution in [3.8, 4) is 0 Å². The topological polar surface area (TPSA) is 20.3 Å². The number of hydrogen-bond donors (Lipinski definition) is 0. The molecule has 1 aromatic rings. The van der Waals surface area contributed by atoms with E-state index >= 15 is 0 Å².